The lowest BCUT2D eigenvalue weighted by molar-refractivity contribution is 0.827. The van der Waals surface area contributed by atoms with Gasteiger partial charge in [-0.3, -0.25) is 5.41 Å². The van der Waals surface area contributed by atoms with E-state index >= 15 is 0 Å². The largest absolute Gasteiger partial charge is 0.274 e. The van der Waals surface area contributed by atoms with Gasteiger partial charge in [0, 0.05) is 17.5 Å². The van der Waals surface area contributed by atoms with Crippen molar-refractivity contribution in [1.82, 2.24) is 0 Å². The van der Waals surface area contributed by atoms with Crippen molar-refractivity contribution in [3.05, 3.63) is 88.4 Å². The Morgan fingerprint density at radius 3 is 1.10 bits per heavy atom. The minimum Gasteiger partial charge on any atom is -0.274 e. The van der Waals surface area contributed by atoms with E-state index in [1.165, 1.54) is 33.4 Å². The lowest BCUT2D eigenvalue weighted by Crippen LogP contribution is -2.15. The van der Waals surface area contributed by atoms with Crippen LogP contribution >= 0.6 is 0 Å². The van der Waals surface area contributed by atoms with Gasteiger partial charge in [-0.1, -0.05) is 91.8 Å². The Kier molecular flexibility index (Phi) is 6.94. The zero-order valence-electron chi connectivity index (χ0n) is 20.5. The first kappa shape index (κ1) is 23.1. The highest BCUT2D eigenvalue weighted by molar-refractivity contribution is 6.45. The lowest BCUT2D eigenvalue weighted by Gasteiger charge is -2.23. The van der Waals surface area contributed by atoms with Crippen LogP contribution < -0.4 is 0 Å². The molecule has 0 amide bonds. The van der Waals surface area contributed by atoms with Crippen LogP contribution in [0.1, 0.15) is 112 Å². The zero-order chi connectivity index (χ0) is 22.9. The molecule has 2 aromatic carbocycles. The molecular weight excluding hydrogens is 374 g/mol. The van der Waals surface area contributed by atoms with Gasteiger partial charge in [0.25, 0.3) is 0 Å². The van der Waals surface area contributed by atoms with Gasteiger partial charge in [0.15, 0.2) is 5.71 Å². The maximum Gasteiger partial charge on any atom is 0.182 e. The van der Waals surface area contributed by atoms with E-state index in [9.17, 15) is 5.41 Å². The van der Waals surface area contributed by atoms with Crippen LogP contribution in [-0.2, 0) is 0 Å². The molecule has 0 atom stereocenters. The number of rotatable bonds is 6. The van der Waals surface area contributed by atoms with Crippen molar-refractivity contribution < 1.29 is 0 Å². The molecule has 0 aliphatic heterocycles. The van der Waals surface area contributed by atoms with Crippen LogP contribution in [0.25, 0.3) is 11.1 Å². The van der Waals surface area contributed by atoms with E-state index in [-0.39, 0.29) is 0 Å². The van der Waals surface area contributed by atoms with E-state index in [0.717, 1.165) is 11.1 Å². The van der Waals surface area contributed by atoms with Gasteiger partial charge in [0.2, 0.25) is 0 Å². The summed E-state index contributed by atoms with van der Waals surface area (Å²) in [7, 11) is 0. The molecule has 0 radical (unpaired) electrons. The second kappa shape index (κ2) is 9.30. The number of benzene rings is 2. The smallest absolute Gasteiger partial charge is 0.182 e. The van der Waals surface area contributed by atoms with E-state index in [4.69, 9.17) is 0 Å². The number of hydrogen-bond donors (Lipinski definition) is 1. The topological polar surface area (TPSA) is 23.9 Å². The zero-order valence-corrected chi connectivity index (χ0v) is 20.5. The normalized spacial score (nSPS) is 14.4. The Morgan fingerprint density at radius 1 is 0.548 bits per heavy atom. The highest BCUT2D eigenvalue weighted by Crippen LogP contribution is 2.41. The summed E-state index contributed by atoms with van der Waals surface area (Å²) in [6, 6.07) is 13.3. The van der Waals surface area contributed by atoms with Crippen molar-refractivity contribution in [3.8, 4) is 0 Å². The third-order valence-corrected chi connectivity index (χ3v) is 6.35. The lowest BCUT2D eigenvalue weighted by atomic mass is 9.76. The third-order valence-electron chi connectivity index (χ3n) is 6.35. The average molecular weight is 413 g/mol. The second-order valence-electron chi connectivity index (χ2n) is 9.97. The van der Waals surface area contributed by atoms with E-state index in [1.54, 1.807) is 0 Å². The summed E-state index contributed by atoms with van der Waals surface area (Å²) in [6.07, 6.45) is 6.43. The summed E-state index contributed by atoms with van der Waals surface area (Å²) < 4.78 is 0. The van der Waals surface area contributed by atoms with E-state index in [0.29, 0.717) is 29.4 Å². The van der Waals surface area contributed by atoms with Crippen molar-refractivity contribution in [2.45, 2.75) is 79.1 Å². The third kappa shape index (κ3) is 4.42. The van der Waals surface area contributed by atoms with Gasteiger partial charge in [-0.2, -0.15) is 0 Å². The number of allylic oxidation sites excluding steroid dienone is 4. The van der Waals surface area contributed by atoms with E-state index in [1.807, 2.05) is 0 Å². The van der Waals surface area contributed by atoms with Gasteiger partial charge >= 0.3 is 0 Å². The summed E-state index contributed by atoms with van der Waals surface area (Å²) >= 11 is 0. The number of hydrogen-bond acceptors (Lipinski definition) is 1. The van der Waals surface area contributed by atoms with Gasteiger partial charge in [-0.05, 0) is 45.9 Å². The molecule has 0 unspecified atom stereocenters. The van der Waals surface area contributed by atoms with Crippen LogP contribution in [0.3, 0.4) is 0 Å². The fourth-order valence-electron chi connectivity index (χ4n) is 4.69. The van der Waals surface area contributed by atoms with Crippen molar-refractivity contribution in [2.24, 2.45) is 0 Å². The summed E-state index contributed by atoms with van der Waals surface area (Å²) in [5.41, 5.74) is 10.6. The Morgan fingerprint density at radius 2 is 0.839 bits per heavy atom. The fraction of sp³-hybridized carbons (Fsp3) is 0.400. The SMILES string of the molecule is CC(C)c1cccc(C(C)C)c1C1=C[CH+]C=C(c2c(C(C)C)cccc2C(C)C)C1=N. The molecule has 31 heavy (non-hydrogen) atoms. The molecule has 2 aromatic rings. The van der Waals surface area contributed by atoms with Gasteiger partial charge < -0.3 is 0 Å². The molecule has 1 aliphatic rings. The minimum absolute atomic E-state index is 0.408. The second-order valence-corrected chi connectivity index (χ2v) is 9.97. The molecule has 162 valence electrons. The van der Waals surface area contributed by atoms with E-state index < -0.39 is 0 Å². The molecule has 3 rings (SSSR count). The van der Waals surface area contributed by atoms with Crippen LogP contribution in [0.5, 0.6) is 0 Å². The molecule has 0 aromatic heterocycles. The summed E-state index contributed by atoms with van der Waals surface area (Å²) in [5, 5.41) is 9.37. The Bertz CT molecular complexity index is 894. The predicted molar refractivity (Wildman–Crippen MR) is 137 cm³/mol. The molecule has 0 spiro atoms. The first-order valence-corrected chi connectivity index (χ1v) is 11.8. The monoisotopic (exact) mass is 412 g/mol. The Labute approximate surface area is 189 Å². The quantitative estimate of drug-likeness (QED) is 0.458. The molecule has 0 fully saturated rings. The maximum absolute atomic E-state index is 9.37. The molecule has 1 aliphatic carbocycles. The molecule has 1 heteroatoms. The van der Waals surface area contributed by atoms with Crippen LogP contribution in [0, 0.1) is 11.8 Å². The average Bonchev–Trinajstić information content (AvgIpc) is 2.72. The van der Waals surface area contributed by atoms with Crippen molar-refractivity contribution in [2.75, 3.05) is 0 Å². The Balaban J connectivity index is 2.21. The predicted octanol–water partition coefficient (Wildman–Crippen LogP) is 8.88. The Hall–Kier alpha value is -2.54. The van der Waals surface area contributed by atoms with Crippen LogP contribution in [0.2, 0.25) is 0 Å². The highest BCUT2D eigenvalue weighted by atomic mass is 14.5. The van der Waals surface area contributed by atoms with Crippen molar-refractivity contribution in [3.63, 3.8) is 0 Å². The van der Waals surface area contributed by atoms with Crippen LogP contribution in [0.4, 0.5) is 0 Å². The maximum atomic E-state index is 9.37. The molecule has 1 nitrogen and oxygen atoms in total. The van der Waals surface area contributed by atoms with E-state index in [2.05, 4.69) is 110 Å². The highest BCUT2D eigenvalue weighted by Gasteiger charge is 2.33. The van der Waals surface area contributed by atoms with Crippen LogP contribution in [-0.4, -0.2) is 5.71 Å². The molecular formula is C30H38N+. The van der Waals surface area contributed by atoms with Gasteiger partial charge in [-0.25, -0.2) is 0 Å². The first-order valence-electron chi connectivity index (χ1n) is 11.8. The fourth-order valence-corrected chi connectivity index (χ4v) is 4.69. The van der Waals surface area contributed by atoms with Crippen molar-refractivity contribution in [1.29, 1.82) is 5.41 Å². The van der Waals surface area contributed by atoms with Crippen LogP contribution in [0.15, 0.2) is 48.6 Å². The summed E-state index contributed by atoms with van der Waals surface area (Å²) in [5.74, 6) is 1.63. The molecule has 0 bridgehead atoms. The molecule has 0 saturated heterocycles. The van der Waals surface area contributed by atoms with Gasteiger partial charge in [-0.15, -0.1) is 0 Å². The van der Waals surface area contributed by atoms with Gasteiger partial charge in [0.05, 0.1) is 12.2 Å². The first-order chi connectivity index (χ1) is 14.6. The molecule has 0 saturated carbocycles. The summed E-state index contributed by atoms with van der Waals surface area (Å²) in [6.45, 7) is 18.0. The standard InChI is InChI=1S/C30H38N/c1-18(2)22-12-9-13-23(19(3)4)28(22)26-16-11-17-27(30(26)31)29-24(20(5)6)14-10-15-25(29)21(7)8/h9-21,31H,1-8H3/q+1. The molecule has 0 heterocycles. The summed E-state index contributed by atoms with van der Waals surface area (Å²) in [4.78, 5) is 0. The minimum atomic E-state index is 0.408. The molecule has 1 N–H and O–H groups in total. The van der Waals surface area contributed by atoms with Gasteiger partial charge in [0.1, 0.15) is 11.1 Å². The van der Waals surface area contributed by atoms with Crippen molar-refractivity contribution >= 4 is 16.9 Å². The number of nitrogens with one attached hydrogen (secondary N) is 1.